The molecule has 3 amide bonds. The van der Waals surface area contributed by atoms with Crippen molar-refractivity contribution < 1.29 is 18.8 Å². The van der Waals surface area contributed by atoms with Gasteiger partial charge in [-0.2, -0.15) is 0 Å². The summed E-state index contributed by atoms with van der Waals surface area (Å²) in [5.41, 5.74) is 3.09. The van der Waals surface area contributed by atoms with Crippen LogP contribution in [0.5, 0.6) is 0 Å². The van der Waals surface area contributed by atoms with Gasteiger partial charge in [-0.1, -0.05) is 18.6 Å². The molecule has 0 radical (unpaired) electrons. The fourth-order valence-corrected chi connectivity index (χ4v) is 4.05. The molecule has 0 bridgehead atoms. The van der Waals surface area contributed by atoms with Crippen molar-refractivity contribution in [3.05, 3.63) is 64.5 Å². The van der Waals surface area contributed by atoms with E-state index in [1.807, 2.05) is 25.1 Å². The minimum absolute atomic E-state index is 0.175. The van der Waals surface area contributed by atoms with Gasteiger partial charge in [0.15, 0.2) is 0 Å². The molecule has 1 heterocycles. The molecule has 1 saturated heterocycles. The highest BCUT2D eigenvalue weighted by Gasteiger charge is 2.18. The van der Waals surface area contributed by atoms with Gasteiger partial charge in [0.2, 0.25) is 0 Å². The van der Waals surface area contributed by atoms with Crippen molar-refractivity contribution in [2.75, 3.05) is 45.6 Å². The Labute approximate surface area is 212 Å². The van der Waals surface area contributed by atoms with Gasteiger partial charge in [0.1, 0.15) is 5.82 Å². The standard InChI is InChI=1S/C27H36FN5O3/c1-19-7-10-23(16-24(19)28)31-25(34)20-8-9-21(22(15-20)18-33-12-5-4-6-13-33)17-30-27(36)26(35)29-11-14-32(2)3/h7-10,15-16H,4-6,11-14,17-18H2,1-3H3,(H,29,35)(H,30,36)(H,31,34). The number of nitrogens with one attached hydrogen (secondary N) is 3. The van der Waals surface area contributed by atoms with Crippen molar-refractivity contribution in [2.24, 2.45) is 0 Å². The molecule has 8 nitrogen and oxygen atoms in total. The zero-order valence-electron chi connectivity index (χ0n) is 21.3. The lowest BCUT2D eigenvalue weighted by Crippen LogP contribution is -2.42. The van der Waals surface area contributed by atoms with Crippen LogP contribution in [0.25, 0.3) is 0 Å². The highest BCUT2D eigenvalue weighted by molar-refractivity contribution is 6.35. The summed E-state index contributed by atoms with van der Waals surface area (Å²) in [6, 6.07) is 9.88. The third-order valence-corrected chi connectivity index (χ3v) is 6.23. The predicted molar refractivity (Wildman–Crippen MR) is 138 cm³/mol. The summed E-state index contributed by atoms with van der Waals surface area (Å²) < 4.78 is 13.9. The van der Waals surface area contributed by atoms with E-state index in [2.05, 4.69) is 20.9 Å². The normalized spacial score (nSPS) is 13.9. The number of anilines is 1. The molecule has 36 heavy (non-hydrogen) atoms. The van der Waals surface area contributed by atoms with Crippen LogP contribution in [0.2, 0.25) is 0 Å². The number of halogens is 1. The fraction of sp³-hybridized carbons (Fsp3) is 0.444. The summed E-state index contributed by atoms with van der Waals surface area (Å²) in [6.07, 6.45) is 3.45. The minimum Gasteiger partial charge on any atom is -0.347 e. The molecule has 2 aromatic rings. The van der Waals surface area contributed by atoms with Gasteiger partial charge < -0.3 is 20.9 Å². The van der Waals surface area contributed by atoms with Crippen LogP contribution in [0.1, 0.15) is 46.3 Å². The van der Waals surface area contributed by atoms with Crippen LogP contribution in [0.3, 0.4) is 0 Å². The maximum atomic E-state index is 13.9. The van der Waals surface area contributed by atoms with Crippen molar-refractivity contribution in [3.63, 3.8) is 0 Å². The molecule has 1 fully saturated rings. The maximum absolute atomic E-state index is 13.9. The number of carbonyl (C=O) groups is 3. The number of hydrogen-bond acceptors (Lipinski definition) is 5. The van der Waals surface area contributed by atoms with Gasteiger partial charge >= 0.3 is 11.8 Å². The Hall–Kier alpha value is -3.30. The number of nitrogens with zero attached hydrogens (tertiary/aromatic N) is 2. The number of piperidine rings is 1. The summed E-state index contributed by atoms with van der Waals surface area (Å²) in [6.45, 7) is 5.44. The number of aryl methyl sites for hydroxylation is 1. The summed E-state index contributed by atoms with van der Waals surface area (Å²) in [4.78, 5) is 41.5. The molecule has 3 N–H and O–H groups in total. The van der Waals surface area contributed by atoms with Crippen molar-refractivity contribution >= 4 is 23.4 Å². The van der Waals surface area contributed by atoms with E-state index in [4.69, 9.17) is 0 Å². The van der Waals surface area contributed by atoms with Crippen molar-refractivity contribution in [3.8, 4) is 0 Å². The zero-order valence-corrected chi connectivity index (χ0v) is 21.3. The summed E-state index contributed by atoms with van der Waals surface area (Å²) in [5.74, 6) is -2.08. The average molecular weight is 498 g/mol. The molecule has 194 valence electrons. The molecule has 1 aliphatic heterocycles. The largest absolute Gasteiger partial charge is 0.347 e. The first-order chi connectivity index (χ1) is 17.2. The van der Waals surface area contributed by atoms with E-state index in [9.17, 15) is 18.8 Å². The lowest BCUT2D eigenvalue weighted by atomic mass is 10.0. The number of carbonyl (C=O) groups excluding carboxylic acids is 3. The van der Waals surface area contributed by atoms with Crippen LogP contribution >= 0.6 is 0 Å². The second-order valence-corrected chi connectivity index (χ2v) is 9.48. The second kappa shape index (κ2) is 13.1. The highest BCUT2D eigenvalue weighted by atomic mass is 19.1. The molecule has 0 spiro atoms. The molecule has 1 aliphatic rings. The Morgan fingerprint density at radius 1 is 0.944 bits per heavy atom. The van der Waals surface area contributed by atoms with Crippen LogP contribution in [0.15, 0.2) is 36.4 Å². The number of rotatable bonds is 9. The van der Waals surface area contributed by atoms with Crippen molar-refractivity contribution in [2.45, 2.75) is 39.3 Å². The zero-order chi connectivity index (χ0) is 26.1. The van der Waals surface area contributed by atoms with Gasteiger partial charge in [0.25, 0.3) is 5.91 Å². The first-order valence-corrected chi connectivity index (χ1v) is 12.4. The van der Waals surface area contributed by atoms with E-state index in [1.54, 1.807) is 31.2 Å². The average Bonchev–Trinajstić information content (AvgIpc) is 2.85. The molecule has 0 aromatic heterocycles. The first kappa shape index (κ1) is 27.3. The number of benzene rings is 2. The molecule has 0 unspecified atom stereocenters. The number of likely N-dealkylation sites (N-methyl/N-ethyl adjacent to an activating group) is 1. The van der Waals surface area contributed by atoms with E-state index in [0.29, 0.717) is 36.4 Å². The first-order valence-electron chi connectivity index (χ1n) is 12.4. The Morgan fingerprint density at radius 2 is 1.67 bits per heavy atom. The fourth-order valence-electron chi connectivity index (χ4n) is 4.05. The SMILES string of the molecule is Cc1ccc(NC(=O)c2ccc(CNC(=O)C(=O)NCCN(C)C)c(CN3CCCCC3)c2)cc1F. The monoisotopic (exact) mass is 497 g/mol. The molecule has 9 heteroatoms. The highest BCUT2D eigenvalue weighted by Crippen LogP contribution is 2.20. The maximum Gasteiger partial charge on any atom is 0.309 e. The van der Waals surface area contributed by atoms with E-state index in [1.165, 1.54) is 12.5 Å². The lowest BCUT2D eigenvalue weighted by Gasteiger charge is -2.27. The van der Waals surface area contributed by atoms with Crippen molar-refractivity contribution in [1.82, 2.24) is 20.4 Å². The lowest BCUT2D eigenvalue weighted by molar-refractivity contribution is -0.139. The number of likely N-dealkylation sites (tertiary alicyclic amines) is 1. The molecular formula is C27H36FN5O3. The van der Waals surface area contributed by atoms with Gasteiger partial charge in [-0.3, -0.25) is 19.3 Å². The van der Waals surface area contributed by atoms with Gasteiger partial charge in [-0.25, -0.2) is 4.39 Å². The molecular weight excluding hydrogens is 461 g/mol. The van der Waals surface area contributed by atoms with E-state index in [0.717, 1.165) is 37.1 Å². The Bertz CT molecular complexity index is 1080. The van der Waals surface area contributed by atoms with E-state index >= 15 is 0 Å². The minimum atomic E-state index is -0.694. The summed E-state index contributed by atoms with van der Waals surface area (Å²) in [5, 5.41) is 8.04. The van der Waals surface area contributed by atoms with Crippen molar-refractivity contribution in [1.29, 1.82) is 0 Å². The third kappa shape index (κ3) is 8.13. The van der Waals surface area contributed by atoms with Crippen LogP contribution in [0.4, 0.5) is 10.1 Å². The van der Waals surface area contributed by atoms with Gasteiger partial charge in [0.05, 0.1) is 0 Å². The Morgan fingerprint density at radius 3 is 2.36 bits per heavy atom. The van der Waals surface area contributed by atoms with Crippen LogP contribution in [0, 0.1) is 12.7 Å². The molecule has 0 saturated carbocycles. The number of hydrogen-bond donors (Lipinski definition) is 3. The quantitative estimate of drug-likeness (QED) is 0.463. The molecule has 0 atom stereocenters. The van der Waals surface area contributed by atoms with E-state index in [-0.39, 0.29) is 18.3 Å². The molecule has 0 aliphatic carbocycles. The number of amides is 3. The topological polar surface area (TPSA) is 93.8 Å². The van der Waals surface area contributed by atoms with E-state index < -0.39 is 11.8 Å². The smallest absolute Gasteiger partial charge is 0.309 e. The summed E-state index contributed by atoms with van der Waals surface area (Å²) in [7, 11) is 3.78. The van der Waals surface area contributed by atoms with Crippen LogP contribution in [-0.2, 0) is 22.7 Å². The van der Waals surface area contributed by atoms with Gasteiger partial charge in [-0.05, 0) is 87.9 Å². The third-order valence-electron chi connectivity index (χ3n) is 6.23. The van der Waals surface area contributed by atoms with Gasteiger partial charge in [-0.15, -0.1) is 0 Å². The Kier molecular flexibility index (Phi) is 9.95. The van der Waals surface area contributed by atoms with Crippen LogP contribution < -0.4 is 16.0 Å². The van der Waals surface area contributed by atoms with Gasteiger partial charge in [0, 0.05) is 37.4 Å². The second-order valence-electron chi connectivity index (χ2n) is 9.48. The predicted octanol–water partition coefficient (Wildman–Crippen LogP) is 2.67. The summed E-state index contributed by atoms with van der Waals surface area (Å²) >= 11 is 0. The molecule has 3 rings (SSSR count). The van der Waals surface area contributed by atoms with Crippen LogP contribution in [-0.4, -0.2) is 67.8 Å². The Balaban J connectivity index is 1.71. The molecule has 2 aromatic carbocycles.